The monoisotopic (exact) mass is 494 g/mol. The smallest absolute Gasteiger partial charge is 0.262 e. The molecule has 192 valence electrons. The summed E-state index contributed by atoms with van der Waals surface area (Å²) >= 11 is 0. The molecule has 0 spiro atoms. The van der Waals surface area contributed by atoms with Gasteiger partial charge in [0.25, 0.3) is 5.91 Å². The Morgan fingerprint density at radius 3 is 2.47 bits per heavy atom. The van der Waals surface area contributed by atoms with Crippen molar-refractivity contribution in [3.63, 3.8) is 0 Å². The molecule has 1 fully saturated rings. The molecular formula is C28H35FN4O3. The van der Waals surface area contributed by atoms with Crippen LogP contribution in [0.25, 0.3) is 0 Å². The molecule has 8 heteroatoms. The van der Waals surface area contributed by atoms with E-state index >= 15 is 0 Å². The fourth-order valence-electron chi connectivity index (χ4n) is 4.62. The van der Waals surface area contributed by atoms with E-state index in [-0.39, 0.29) is 30.2 Å². The van der Waals surface area contributed by atoms with Crippen molar-refractivity contribution in [1.29, 1.82) is 0 Å². The predicted octanol–water partition coefficient (Wildman–Crippen LogP) is 3.69. The second kappa shape index (κ2) is 11.8. The van der Waals surface area contributed by atoms with E-state index in [0.717, 1.165) is 35.5 Å². The number of hydrazone groups is 1. The largest absolute Gasteiger partial charge is 0.379 e. The molecule has 1 saturated heterocycles. The number of amides is 2. The molecule has 2 heterocycles. The number of benzene rings is 2. The molecule has 0 radical (unpaired) electrons. The highest BCUT2D eigenvalue weighted by Gasteiger charge is 2.34. The van der Waals surface area contributed by atoms with Crippen LogP contribution in [0.2, 0.25) is 0 Å². The standard InChI is InChI=1S/C28H35FN4O3/c1-4-27(34)32(12-11-31-13-15-36-16-14-31)19-28(35)33-26(22-7-9-24(29)10-8-22)18-25(30-33)23-6-5-20(2)21(3)17-23/h5-10,17,26H,4,11-16,18-19H2,1-3H3/t26-/m1/s1. The zero-order chi connectivity index (χ0) is 25.7. The summed E-state index contributed by atoms with van der Waals surface area (Å²) in [5.74, 6) is -0.632. The number of aryl methyl sites for hydroxylation is 2. The normalized spacial score (nSPS) is 18.3. The fourth-order valence-corrected chi connectivity index (χ4v) is 4.62. The third-order valence-corrected chi connectivity index (χ3v) is 7.03. The maximum absolute atomic E-state index is 13.6. The maximum atomic E-state index is 13.6. The van der Waals surface area contributed by atoms with Gasteiger partial charge in [0.05, 0.1) is 25.0 Å². The van der Waals surface area contributed by atoms with Gasteiger partial charge in [0, 0.05) is 39.0 Å². The first-order valence-electron chi connectivity index (χ1n) is 12.7. The van der Waals surface area contributed by atoms with Crippen LogP contribution in [0.4, 0.5) is 4.39 Å². The van der Waals surface area contributed by atoms with Crippen LogP contribution in [0.5, 0.6) is 0 Å². The molecule has 0 aliphatic carbocycles. The fraction of sp³-hybridized carbons (Fsp3) is 0.464. The summed E-state index contributed by atoms with van der Waals surface area (Å²) in [6, 6.07) is 12.0. The number of morpholine rings is 1. The van der Waals surface area contributed by atoms with E-state index in [1.54, 1.807) is 17.0 Å². The highest BCUT2D eigenvalue weighted by Crippen LogP contribution is 2.33. The second-order valence-electron chi connectivity index (χ2n) is 9.48. The number of carbonyl (C=O) groups is 2. The molecule has 0 bridgehead atoms. The van der Waals surface area contributed by atoms with Gasteiger partial charge < -0.3 is 9.64 Å². The van der Waals surface area contributed by atoms with Crippen molar-refractivity contribution in [2.24, 2.45) is 5.10 Å². The number of hydrogen-bond acceptors (Lipinski definition) is 5. The SMILES string of the molecule is CCC(=O)N(CCN1CCOCC1)CC(=O)N1N=C(c2ccc(C)c(C)c2)C[C@@H]1c1ccc(F)cc1. The molecule has 4 rings (SSSR count). The lowest BCUT2D eigenvalue weighted by Gasteiger charge is -2.31. The van der Waals surface area contributed by atoms with E-state index < -0.39 is 0 Å². The lowest BCUT2D eigenvalue weighted by molar-refractivity contribution is -0.141. The Morgan fingerprint density at radius 1 is 1.08 bits per heavy atom. The maximum Gasteiger partial charge on any atom is 0.262 e. The molecular weight excluding hydrogens is 459 g/mol. The van der Waals surface area contributed by atoms with Crippen LogP contribution < -0.4 is 0 Å². The van der Waals surface area contributed by atoms with Crippen molar-refractivity contribution < 1.29 is 18.7 Å². The van der Waals surface area contributed by atoms with Crippen LogP contribution in [0, 0.1) is 19.7 Å². The number of ether oxygens (including phenoxy) is 1. The number of carbonyl (C=O) groups excluding carboxylic acids is 2. The van der Waals surface area contributed by atoms with Crippen LogP contribution in [-0.4, -0.2) is 78.3 Å². The number of hydrogen-bond donors (Lipinski definition) is 0. The molecule has 2 aromatic rings. The third kappa shape index (κ3) is 6.17. The summed E-state index contributed by atoms with van der Waals surface area (Å²) in [6.07, 6.45) is 0.852. The summed E-state index contributed by atoms with van der Waals surface area (Å²) < 4.78 is 19.0. The van der Waals surface area contributed by atoms with Crippen molar-refractivity contribution >= 4 is 17.5 Å². The van der Waals surface area contributed by atoms with E-state index in [1.807, 2.05) is 13.0 Å². The van der Waals surface area contributed by atoms with Crippen LogP contribution in [-0.2, 0) is 14.3 Å². The molecule has 0 saturated carbocycles. The molecule has 2 aliphatic heterocycles. The highest BCUT2D eigenvalue weighted by molar-refractivity contribution is 6.03. The Hall–Kier alpha value is -3.10. The minimum atomic E-state index is -0.354. The molecule has 0 unspecified atom stereocenters. The van der Waals surface area contributed by atoms with Crippen molar-refractivity contribution in [2.45, 2.75) is 39.7 Å². The second-order valence-corrected chi connectivity index (χ2v) is 9.48. The molecule has 7 nitrogen and oxygen atoms in total. The minimum absolute atomic E-state index is 0.0432. The molecule has 36 heavy (non-hydrogen) atoms. The first kappa shape index (κ1) is 26.0. The van der Waals surface area contributed by atoms with Gasteiger partial charge >= 0.3 is 0 Å². The van der Waals surface area contributed by atoms with E-state index in [9.17, 15) is 14.0 Å². The van der Waals surface area contributed by atoms with Gasteiger partial charge in [-0.05, 0) is 54.3 Å². The summed E-state index contributed by atoms with van der Waals surface area (Å²) in [5, 5.41) is 6.23. The zero-order valence-electron chi connectivity index (χ0n) is 21.4. The molecule has 0 N–H and O–H groups in total. The topological polar surface area (TPSA) is 65.5 Å². The Morgan fingerprint density at radius 2 is 1.81 bits per heavy atom. The van der Waals surface area contributed by atoms with Crippen molar-refractivity contribution in [3.8, 4) is 0 Å². The zero-order valence-corrected chi connectivity index (χ0v) is 21.4. The number of rotatable bonds is 8. The quantitative estimate of drug-likeness (QED) is 0.562. The van der Waals surface area contributed by atoms with Crippen LogP contribution in [0.15, 0.2) is 47.6 Å². The average molecular weight is 495 g/mol. The molecule has 1 atom stereocenters. The Kier molecular flexibility index (Phi) is 8.48. The third-order valence-electron chi connectivity index (χ3n) is 7.03. The average Bonchev–Trinajstić information content (AvgIpc) is 3.34. The van der Waals surface area contributed by atoms with Crippen LogP contribution >= 0.6 is 0 Å². The van der Waals surface area contributed by atoms with E-state index in [2.05, 4.69) is 30.9 Å². The Labute approximate surface area is 212 Å². The first-order chi connectivity index (χ1) is 17.4. The van der Waals surface area contributed by atoms with Crippen LogP contribution in [0.3, 0.4) is 0 Å². The Balaban J connectivity index is 1.56. The van der Waals surface area contributed by atoms with Crippen LogP contribution in [0.1, 0.15) is 48.1 Å². The van der Waals surface area contributed by atoms with E-state index in [1.165, 1.54) is 22.7 Å². The summed E-state index contributed by atoms with van der Waals surface area (Å²) in [5.41, 5.74) is 4.93. The van der Waals surface area contributed by atoms with Gasteiger partial charge in [-0.3, -0.25) is 14.5 Å². The first-order valence-corrected chi connectivity index (χ1v) is 12.7. The van der Waals surface area contributed by atoms with E-state index in [4.69, 9.17) is 9.84 Å². The van der Waals surface area contributed by atoms with E-state index in [0.29, 0.717) is 39.1 Å². The van der Waals surface area contributed by atoms with Crippen molar-refractivity contribution in [2.75, 3.05) is 45.9 Å². The van der Waals surface area contributed by atoms with Gasteiger partial charge in [-0.1, -0.05) is 31.2 Å². The predicted molar refractivity (Wildman–Crippen MR) is 137 cm³/mol. The highest BCUT2D eigenvalue weighted by atomic mass is 19.1. The van der Waals surface area contributed by atoms with Gasteiger partial charge in [-0.25, -0.2) is 9.40 Å². The summed E-state index contributed by atoms with van der Waals surface area (Å²) in [6.45, 7) is 10.1. The van der Waals surface area contributed by atoms with Crippen molar-refractivity contribution in [1.82, 2.24) is 14.8 Å². The van der Waals surface area contributed by atoms with Gasteiger partial charge in [0.2, 0.25) is 5.91 Å². The molecule has 2 amide bonds. The van der Waals surface area contributed by atoms with Crippen molar-refractivity contribution in [3.05, 3.63) is 70.5 Å². The summed E-state index contributed by atoms with van der Waals surface area (Å²) in [7, 11) is 0. The van der Waals surface area contributed by atoms with Gasteiger partial charge in [0.15, 0.2) is 0 Å². The van der Waals surface area contributed by atoms with Gasteiger partial charge in [-0.15, -0.1) is 0 Å². The molecule has 2 aliphatic rings. The number of halogens is 1. The van der Waals surface area contributed by atoms with Gasteiger partial charge in [-0.2, -0.15) is 5.10 Å². The lowest BCUT2D eigenvalue weighted by atomic mass is 9.96. The number of nitrogens with zero attached hydrogens (tertiary/aromatic N) is 4. The molecule has 0 aromatic heterocycles. The Bertz CT molecular complexity index is 1110. The molecule has 2 aromatic carbocycles. The lowest BCUT2D eigenvalue weighted by Crippen LogP contribution is -2.46. The summed E-state index contributed by atoms with van der Waals surface area (Å²) in [4.78, 5) is 30.2. The van der Waals surface area contributed by atoms with Gasteiger partial charge in [0.1, 0.15) is 12.4 Å². The minimum Gasteiger partial charge on any atom is -0.379 e.